The van der Waals surface area contributed by atoms with Crippen LogP contribution in [0.25, 0.3) is 10.8 Å². The number of nitrogens with zero attached hydrogens (tertiary/aromatic N) is 1. The van der Waals surface area contributed by atoms with Gasteiger partial charge in [0.05, 0.1) is 0 Å². The minimum Gasteiger partial charge on any atom is -0.398 e. The maximum Gasteiger partial charge on any atom is 0.0394 e. The van der Waals surface area contributed by atoms with Crippen molar-refractivity contribution in [3.63, 3.8) is 0 Å². The Balaban J connectivity index is 0.000000720. The molecule has 0 spiro atoms. The summed E-state index contributed by atoms with van der Waals surface area (Å²) in [5, 5.41) is 2.16. The highest BCUT2D eigenvalue weighted by atomic mass is 14.6. The van der Waals surface area contributed by atoms with E-state index in [1.54, 1.807) is 6.20 Å². The predicted octanol–water partition coefficient (Wildman–Crippen LogP) is 2.06. The van der Waals surface area contributed by atoms with Crippen molar-refractivity contribution >= 4 is 16.5 Å². The minimum atomic E-state index is 0. The van der Waals surface area contributed by atoms with E-state index >= 15 is 0 Å². The lowest BCUT2D eigenvalue weighted by Crippen LogP contribution is -1.85. The van der Waals surface area contributed by atoms with E-state index in [0.717, 1.165) is 16.5 Å². The van der Waals surface area contributed by atoms with E-state index in [1.807, 2.05) is 30.5 Å². The number of pyridine rings is 1. The number of aromatic nitrogens is 1. The van der Waals surface area contributed by atoms with Gasteiger partial charge in [0.15, 0.2) is 0 Å². The van der Waals surface area contributed by atoms with Crippen molar-refractivity contribution in [2.24, 2.45) is 0 Å². The van der Waals surface area contributed by atoms with E-state index in [1.165, 1.54) is 0 Å². The van der Waals surface area contributed by atoms with E-state index < -0.39 is 0 Å². The number of hydrogen-bond donors (Lipinski definition) is 1. The Labute approximate surface area is 66.2 Å². The Morgan fingerprint density at radius 3 is 3.00 bits per heavy atom. The molecule has 2 nitrogen and oxygen atoms in total. The third-order valence-corrected chi connectivity index (χ3v) is 1.71. The van der Waals surface area contributed by atoms with Gasteiger partial charge in [-0.25, -0.2) is 0 Å². The Hall–Kier alpha value is -1.57. The third-order valence-electron chi connectivity index (χ3n) is 1.71. The summed E-state index contributed by atoms with van der Waals surface area (Å²) < 4.78 is 0. The van der Waals surface area contributed by atoms with Crippen molar-refractivity contribution in [3.8, 4) is 0 Å². The van der Waals surface area contributed by atoms with Crippen LogP contribution in [0.5, 0.6) is 0 Å². The van der Waals surface area contributed by atoms with Gasteiger partial charge in [0.1, 0.15) is 0 Å². The van der Waals surface area contributed by atoms with Crippen LogP contribution in [0.2, 0.25) is 0 Å². The summed E-state index contributed by atoms with van der Waals surface area (Å²) in [7, 11) is 0. The zero-order valence-corrected chi connectivity index (χ0v) is 5.99. The van der Waals surface area contributed by atoms with Crippen molar-refractivity contribution in [2.45, 2.75) is 0 Å². The smallest absolute Gasteiger partial charge is 0.0394 e. The highest BCUT2D eigenvalue weighted by Crippen LogP contribution is 2.18. The molecule has 2 heteroatoms. The van der Waals surface area contributed by atoms with Crippen LogP contribution in [0.15, 0.2) is 36.7 Å². The standard InChI is InChI=1S/C9H8N2.H2/c10-9-3-1-2-7-6-11-5-4-8(7)9;/h1-6H,10H2;1H. The number of anilines is 1. The van der Waals surface area contributed by atoms with E-state index in [0.29, 0.717) is 0 Å². The fraction of sp³-hybridized carbons (Fsp3) is 0. The molecule has 1 heterocycles. The summed E-state index contributed by atoms with van der Waals surface area (Å²) in [4.78, 5) is 4.00. The molecule has 2 aromatic rings. The first-order valence-corrected chi connectivity index (χ1v) is 3.46. The molecule has 0 saturated heterocycles. The van der Waals surface area contributed by atoms with Gasteiger partial charge >= 0.3 is 0 Å². The van der Waals surface area contributed by atoms with Gasteiger partial charge in [-0.1, -0.05) is 12.1 Å². The maximum absolute atomic E-state index is 5.73. The van der Waals surface area contributed by atoms with E-state index in [9.17, 15) is 0 Å². The highest BCUT2D eigenvalue weighted by molar-refractivity contribution is 5.91. The second-order valence-corrected chi connectivity index (χ2v) is 2.44. The molecule has 0 fully saturated rings. The topological polar surface area (TPSA) is 38.9 Å². The second-order valence-electron chi connectivity index (χ2n) is 2.44. The highest BCUT2D eigenvalue weighted by Gasteiger charge is 1.93. The molecule has 0 unspecified atom stereocenters. The van der Waals surface area contributed by atoms with E-state index in [4.69, 9.17) is 5.73 Å². The van der Waals surface area contributed by atoms with Gasteiger partial charge in [0.2, 0.25) is 0 Å². The first-order valence-electron chi connectivity index (χ1n) is 3.46. The van der Waals surface area contributed by atoms with Crippen LogP contribution in [0, 0.1) is 0 Å². The largest absolute Gasteiger partial charge is 0.398 e. The van der Waals surface area contributed by atoms with Gasteiger partial charge in [-0.05, 0) is 12.1 Å². The van der Waals surface area contributed by atoms with Crippen LogP contribution < -0.4 is 5.73 Å². The lowest BCUT2D eigenvalue weighted by Gasteiger charge is -1.98. The predicted molar refractivity (Wildman–Crippen MR) is 48.3 cm³/mol. The summed E-state index contributed by atoms with van der Waals surface area (Å²) in [5.41, 5.74) is 6.54. The zero-order valence-electron chi connectivity index (χ0n) is 5.99. The van der Waals surface area contributed by atoms with Crippen molar-refractivity contribution in [3.05, 3.63) is 36.7 Å². The quantitative estimate of drug-likeness (QED) is 0.578. The fourth-order valence-corrected chi connectivity index (χ4v) is 1.15. The van der Waals surface area contributed by atoms with Gasteiger partial charge in [-0.3, -0.25) is 4.98 Å². The summed E-state index contributed by atoms with van der Waals surface area (Å²) in [6, 6.07) is 7.74. The van der Waals surface area contributed by atoms with Crippen LogP contribution in [-0.2, 0) is 0 Å². The molecular formula is C9H10N2. The van der Waals surface area contributed by atoms with Crippen molar-refractivity contribution in [1.82, 2.24) is 4.98 Å². The lowest BCUT2D eigenvalue weighted by molar-refractivity contribution is 1.36. The molecule has 1 aromatic carbocycles. The molecule has 0 saturated carbocycles. The number of hydrogen-bond acceptors (Lipinski definition) is 2. The average molecular weight is 146 g/mol. The number of rotatable bonds is 0. The molecule has 2 N–H and O–H groups in total. The number of benzene rings is 1. The molecule has 11 heavy (non-hydrogen) atoms. The van der Waals surface area contributed by atoms with Gasteiger partial charge in [0, 0.05) is 30.3 Å². The molecule has 1 aromatic heterocycles. The molecule has 0 aliphatic carbocycles. The molecule has 0 radical (unpaired) electrons. The molecular weight excluding hydrogens is 136 g/mol. The molecule has 56 valence electrons. The van der Waals surface area contributed by atoms with Gasteiger partial charge in [-0.15, -0.1) is 0 Å². The molecule has 0 bridgehead atoms. The van der Waals surface area contributed by atoms with Gasteiger partial charge < -0.3 is 5.73 Å². The summed E-state index contributed by atoms with van der Waals surface area (Å²) in [6.07, 6.45) is 3.56. The average Bonchev–Trinajstić information content (AvgIpc) is 2.06. The molecule has 0 aliphatic heterocycles. The normalized spacial score (nSPS) is 10.2. The Morgan fingerprint density at radius 2 is 2.18 bits per heavy atom. The summed E-state index contributed by atoms with van der Waals surface area (Å²) >= 11 is 0. The maximum atomic E-state index is 5.73. The Morgan fingerprint density at radius 1 is 1.27 bits per heavy atom. The Kier molecular flexibility index (Phi) is 1.25. The number of nitrogen functional groups attached to an aromatic ring is 1. The first-order chi connectivity index (χ1) is 5.38. The Bertz CT molecular complexity index is 382. The molecule has 0 amide bonds. The van der Waals surface area contributed by atoms with Gasteiger partial charge in [0.25, 0.3) is 0 Å². The van der Waals surface area contributed by atoms with E-state index in [-0.39, 0.29) is 1.43 Å². The summed E-state index contributed by atoms with van der Waals surface area (Å²) in [6.45, 7) is 0. The SMILES string of the molecule is Nc1cccc2cnccc12.[HH]. The van der Waals surface area contributed by atoms with Crippen molar-refractivity contribution < 1.29 is 1.43 Å². The number of fused-ring (bicyclic) bond motifs is 1. The van der Waals surface area contributed by atoms with Crippen LogP contribution in [0.4, 0.5) is 5.69 Å². The van der Waals surface area contributed by atoms with Gasteiger partial charge in [-0.2, -0.15) is 0 Å². The van der Waals surface area contributed by atoms with Crippen LogP contribution >= 0.6 is 0 Å². The number of nitrogens with two attached hydrogens (primary N) is 1. The summed E-state index contributed by atoms with van der Waals surface area (Å²) in [5.74, 6) is 0. The first kappa shape index (κ1) is 6.16. The van der Waals surface area contributed by atoms with Crippen molar-refractivity contribution in [2.75, 3.05) is 5.73 Å². The second kappa shape index (κ2) is 2.23. The van der Waals surface area contributed by atoms with Crippen LogP contribution in [0.3, 0.4) is 0 Å². The van der Waals surface area contributed by atoms with Crippen molar-refractivity contribution in [1.29, 1.82) is 0 Å². The van der Waals surface area contributed by atoms with Crippen LogP contribution in [0.1, 0.15) is 1.43 Å². The van der Waals surface area contributed by atoms with Crippen LogP contribution in [-0.4, -0.2) is 4.98 Å². The molecule has 0 aliphatic rings. The fourth-order valence-electron chi connectivity index (χ4n) is 1.15. The molecule has 2 rings (SSSR count). The zero-order chi connectivity index (χ0) is 7.68. The molecule has 0 atom stereocenters. The minimum absolute atomic E-state index is 0. The monoisotopic (exact) mass is 146 g/mol. The third kappa shape index (κ3) is 0.923. The van der Waals surface area contributed by atoms with E-state index in [2.05, 4.69) is 4.98 Å². The lowest BCUT2D eigenvalue weighted by atomic mass is 10.1.